The molecule has 0 spiro atoms. The van der Waals surface area contributed by atoms with E-state index in [4.69, 9.17) is 14.8 Å². The molecule has 2 heterocycles. The molecule has 5 rings (SSSR count). The highest BCUT2D eigenvalue weighted by Gasteiger charge is 2.40. The fourth-order valence-corrected chi connectivity index (χ4v) is 6.26. The van der Waals surface area contributed by atoms with Gasteiger partial charge in [-0.2, -0.15) is 0 Å². The maximum absolute atomic E-state index is 10.8. The van der Waals surface area contributed by atoms with Gasteiger partial charge in [-0.05, 0) is 59.7 Å². The molecule has 2 aromatic heterocycles. The number of carbonyl (C=O) groups is 1. The molecule has 0 saturated carbocycles. The average Bonchev–Trinajstić information content (AvgIpc) is 3.69. The minimum absolute atomic E-state index is 0.127. The standard InChI is InChI=1S/C34H34N2O3S/c1-24(2)21-34(31-9-6-20-35-31,33-36-30(23-40-33)27-7-4-3-5-8-27)28-15-10-26(11-16-28)22-39-29-17-12-25(13-18-29)14-19-32(37)38/h3-13,15-18,20,23-24,35H,14,19,21-22H2,1-2H3,(H,37,38). The Morgan fingerprint density at radius 2 is 1.68 bits per heavy atom. The number of rotatable bonds is 12. The van der Waals surface area contributed by atoms with Gasteiger partial charge in [0.1, 0.15) is 17.4 Å². The highest BCUT2D eigenvalue weighted by molar-refractivity contribution is 7.10. The highest BCUT2D eigenvalue weighted by atomic mass is 32.1. The second-order valence-electron chi connectivity index (χ2n) is 10.5. The number of hydrogen-bond donors (Lipinski definition) is 2. The first-order valence-electron chi connectivity index (χ1n) is 13.6. The van der Waals surface area contributed by atoms with Crippen molar-refractivity contribution in [3.8, 4) is 17.0 Å². The number of carboxylic acids is 1. The Labute approximate surface area is 239 Å². The molecule has 40 heavy (non-hydrogen) atoms. The minimum atomic E-state index is -0.788. The van der Waals surface area contributed by atoms with Crippen molar-refractivity contribution < 1.29 is 14.6 Å². The SMILES string of the molecule is CC(C)CC(c1ccc(COc2ccc(CCC(=O)O)cc2)cc1)(c1ccc[nH]1)c1nc(-c2ccccc2)cs1. The van der Waals surface area contributed by atoms with Crippen molar-refractivity contribution >= 4 is 17.3 Å². The Kier molecular flexibility index (Phi) is 8.46. The number of hydrogen-bond acceptors (Lipinski definition) is 4. The molecule has 1 atom stereocenters. The molecule has 6 heteroatoms. The second-order valence-corrected chi connectivity index (χ2v) is 11.4. The van der Waals surface area contributed by atoms with E-state index >= 15 is 0 Å². The zero-order chi connectivity index (χ0) is 28.0. The molecule has 2 N–H and O–H groups in total. The van der Waals surface area contributed by atoms with E-state index in [1.165, 1.54) is 5.56 Å². The van der Waals surface area contributed by atoms with Crippen molar-refractivity contribution in [2.75, 3.05) is 0 Å². The van der Waals surface area contributed by atoms with E-state index in [1.54, 1.807) is 11.3 Å². The van der Waals surface area contributed by atoms with Gasteiger partial charge < -0.3 is 14.8 Å². The molecule has 0 radical (unpaired) electrons. The largest absolute Gasteiger partial charge is 0.489 e. The van der Waals surface area contributed by atoms with Gasteiger partial charge in [-0.25, -0.2) is 4.98 Å². The van der Waals surface area contributed by atoms with Crippen LogP contribution in [0, 0.1) is 5.92 Å². The minimum Gasteiger partial charge on any atom is -0.489 e. The number of nitrogens with one attached hydrogen (secondary N) is 1. The summed E-state index contributed by atoms with van der Waals surface area (Å²) >= 11 is 1.72. The van der Waals surface area contributed by atoms with Gasteiger partial charge in [0, 0.05) is 29.3 Å². The summed E-state index contributed by atoms with van der Waals surface area (Å²) in [6.45, 7) is 4.97. The van der Waals surface area contributed by atoms with Gasteiger partial charge in [-0.3, -0.25) is 4.79 Å². The Morgan fingerprint density at radius 3 is 2.33 bits per heavy atom. The monoisotopic (exact) mass is 550 g/mol. The molecule has 5 aromatic rings. The lowest BCUT2D eigenvalue weighted by molar-refractivity contribution is -0.136. The van der Waals surface area contributed by atoms with Crippen LogP contribution in [0.5, 0.6) is 5.75 Å². The van der Waals surface area contributed by atoms with Gasteiger partial charge in [0.2, 0.25) is 0 Å². The molecule has 1 unspecified atom stereocenters. The molecule has 0 saturated heterocycles. The first kappa shape index (κ1) is 27.4. The van der Waals surface area contributed by atoms with Crippen molar-refractivity contribution in [2.24, 2.45) is 5.92 Å². The number of aliphatic carboxylic acids is 1. The van der Waals surface area contributed by atoms with Crippen LogP contribution >= 0.6 is 11.3 Å². The molecule has 0 aliphatic carbocycles. The van der Waals surface area contributed by atoms with Crippen LogP contribution in [0.1, 0.15) is 54.1 Å². The molecule has 0 aliphatic heterocycles. The Bertz CT molecular complexity index is 1510. The maximum atomic E-state index is 10.8. The third-order valence-electron chi connectivity index (χ3n) is 7.11. The van der Waals surface area contributed by atoms with Gasteiger partial charge in [-0.1, -0.05) is 80.6 Å². The lowest BCUT2D eigenvalue weighted by atomic mass is 9.72. The van der Waals surface area contributed by atoms with Crippen molar-refractivity contribution in [2.45, 2.75) is 45.1 Å². The number of carboxylic acid groups (broad SMARTS) is 1. The van der Waals surface area contributed by atoms with E-state index in [-0.39, 0.29) is 6.42 Å². The number of ether oxygens (including phenoxy) is 1. The van der Waals surface area contributed by atoms with E-state index in [1.807, 2.05) is 36.5 Å². The van der Waals surface area contributed by atoms with E-state index in [0.29, 0.717) is 18.9 Å². The van der Waals surface area contributed by atoms with Crippen molar-refractivity contribution in [1.29, 1.82) is 0 Å². The normalized spacial score (nSPS) is 12.8. The molecule has 3 aromatic carbocycles. The summed E-state index contributed by atoms with van der Waals surface area (Å²) in [7, 11) is 0. The fourth-order valence-electron chi connectivity index (χ4n) is 5.18. The maximum Gasteiger partial charge on any atom is 0.303 e. The van der Waals surface area contributed by atoms with E-state index in [0.717, 1.165) is 45.3 Å². The highest BCUT2D eigenvalue weighted by Crippen LogP contribution is 2.45. The van der Waals surface area contributed by atoms with Gasteiger partial charge in [-0.15, -0.1) is 11.3 Å². The van der Waals surface area contributed by atoms with Crippen LogP contribution in [0.15, 0.2) is 103 Å². The van der Waals surface area contributed by atoms with Gasteiger partial charge in [0.15, 0.2) is 0 Å². The molecule has 0 fully saturated rings. The zero-order valence-corrected chi connectivity index (χ0v) is 23.7. The first-order valence-corrected chi connectivity index (χ1v) is 14.5. The van der Waals surface area contributed by atoms with Gasteiger partial charge >= 0.3 is 5.97 Å². The van der Waals surface area contributed by atoms with Crippen molar-refractivity contribution in [3.05, 3.63) is 130 Å². The Hall–Kier alpha value is -4.16. The Morgan fingerprint density at radius 1 is 0.950 bits per heavy atom. The molecule has 5 nitrogen and oxygen atoms in total. The number of aromatic amines is 1. The molecular formula is C34H34N2O3S. The van der Waals surface area contributed by atoms with Crippen LogP contribution in [0.2, 0.25) is 0 Å². The number of thiazole rings is 1. The smallest absolute Gasteiger partial charge is 0.303 e. The van der Waals surface area contributed by atoms with E-state index in [9.17, 15) is 4.79 Å². The summed E-state index contributed by atoms with van der Waals surface area (Å²) in [5.74, 6) is 0.415. The summed E-state index contributed by atoms with van der Waals surface area (Å²) in [5, 5.41) is 12.1. The molecule has 0 amide bonds. The molecular weight excluding hydrogens is 516 g/mol. The van der Waals surface area contributed by atoms with Crippen LogP contribution < -0.4 is 4.74 Å². The summed E-state index contributed by atoms with van der Waals surface area (Å²) in [6, 6.07) is 30.9. The van der Waals surface area contributed by atoms with Crippen molar-refractivity contribution in [1.82, 2.24) is 9.97 Å². The third-order valence-corrected chi connectivity index (χ3v) is 8.12. The number of aryl methyl sites for hydroxylation is 1. The van der Waals surface area contributed by atoms with Crippen molar-refractivity contribution in [3.63, 3.8) is 0 Å². The second kappa shape index (κ2) is 12.3. The van der Waals surface area contributed by atoms with E-state index < -0.39 is 11.4 Å². The summed E-state index contributed by atoms with van der Waals surface area (Å²) in [4.78, 5) is 19.5. The zero-order valence-electron chi connectivity index (χ0n) is 22.8. The molecule has 0 aliphatic rings. The predicted octanol–water partition coefficient (Wildman–Crippen LogP) is 8.11. The summed E-state index contributed by atoms with van der Waals surface area (Å²) < 4.78 is 6.04. The predicted molar refractivity (Wildman–Crippen MR) is 161 cm³/mol. The summed E-state index contributed by atoms with van der Waals surface area (Å²) in [6.07, 6.45) is 3.55. The summed E-state index contributed by atoms with van der Waals surface area (Å²) in [5.41, 5.74) is 6.12. The molecule has 0 bridgehead atoms. The quantitative estimate of drug-likeness (QED) is 0.164. The number of aromatic nitrogens is 2. The lowest BCUT2D eigenvalue weighted by Crippen LogP contribution is -2.31. The topological polar surface area (TPSA) is 75.2 Å². The first-order chi connectivity index (χ1) is 19.4. The van der Waals surface area contributed by atoms with Gasteiger partial charge in [0.05, 0.1) is 11.1 Å². The molecule has 204 valence electrons. The Balaban J connectivity index is 1.41. The number of nitrogens with zero attached hydrogens (tertiary/aromatic N) is 1. The number of benzene rings is 3. The number of H-pyrrole nitrogens is 1. The van der Waals surface area contributed by atoms with Crippen LogP contribution in [0.4, 0.5) is 0 Å². The third kappa shape index (κ3) is 6.18. The van der Waals surface area contributed by atoms with Gasteiger partial charge in [0.25, 0.3) is 0 Å². The lowest BCUT2D eigenvalue weighted by Gasteiger charge is -2.34. The van der Waals surface area contributed by atoms with Crippen LogP contribution in [-0.2, 0) is 23.2 Å². The van der Waals surface area contributed by atoms with E-state index in [2.05, 4.69) is 84.9 Å². The van der Waals surface area contributed by atoms with Crippen LogP contribution in [0.3, 0.4) is 0 Å². The van der Waals surface area contributed by atoms with Crippen LogP contribution in [0.25, 0.3) is 11.3 Å². The average molecular weight is 551 g/mol. The van der Waals surface area contributed by atoms with Crippen LogP contribution in [-0.4, -0.2) is 21.0 Å². The fraction of sp³-hybridized carbons (Fsp3) is 0.235.